The van der Waals surface area contributed by atoms with Gasteiger partial charge in [0.25, 0.3) is 0 Å². The molecule has 2 aromatic carbocycles. The summed E-state index contributed by atoms with van der Waals surface area (Å²) in [4.78, 5) is 19.6. The van der Waals surface area contributed by atoms with Gasteiger partial charge in [-0.3, -0.25) is 9.69 Å². The summed E-state index contributed by atoms with van der Waals surface area (Å²) in [6, 6.07) is 14.6. The summed E-state index contributed by atoms with van der Waals surface area (Å²) >= 11 is 0. The zero-order valence-electron chi connectivity index (χ0n) is 21.5. The zero-order valence-corrected chi connectivity index (χ0v) is 21.5. The fourth-order valence-corrected chi connectivity index (χ4v) is 4.91. The number of aryl methyl sites for hydroxylation is 2. The third-order valence-electron chi connectivity index (χ3n) is 7.43. The number of carbonyl (C=O) groups is 1. The monoisotopic (exact) mass is 485 g/mol. The molecule has 3 heterocycles. The predicted octanol–water partition coefficient (Wildman–Crippen LogP) is 3.94. The second-order valence-corrected chi connectivity index (χ2v) is 9.72. The Bertz CT molecular complexity index is 1240. The van der Waals surface area contributed by atoms with E-state index in [9.17, 15) is 4.79 Å². The van der Waals surface area contributed by atoms with E-state index in [0.717, 1.165) is 62.7 Å². The van der Waals surface area contributed by atoms with Gasteiger partial charge in [-0.05, 0) is 73.4 Å². The number of aromatic nitrogens is 2. The van der Waals surface area contributed by atoms with E-state index in [1.165, 1.54) is 22.4 Å². The van der Waals surface area contributed by atoms with Crippen molar-refractivity contribution >= 4 is 17.2 Å². The van der Waals surface area contributed by atoms with Crippen LogP contribution in [0.25, 0.3) is 11.3 Å². The van der Waals surface area contributed by atoms with Crippen molar-refractivity contribution in [2.45, 2.75) is 20.3 Å². The van der Waals surface area contributed by atoms with Gasteiger partial charge in [-0.1, -0.05) is 12.1 Å². The number of carbonyl (C=O) groups excluding carboxylic acids is 1. The molecule has 0 aliphatic carbocycles. The first kappa shape index (κ1) is 24.1. The highest BCUT2D eigenvalue weighted by Crippen LogP contribution is 2.24. The van der Waals surface area contributed by atoms with Crippen LogP contribution in [-0.2, 0) is 4.79 Å². The van der Waals surface area contributed by atoms with E-state index in [2.05, 4.69) is 71.4 Å². The van der Waals surface area contributed by atoms with Crippen molar-refractivity contribution in [2.24, 2.45) is 0 Å². The average molecular weight is 486 g/mol. The average Bonchev–Trinajstić information content (AvgIpc) is 3.41. The summed E-state index contributed by atoms with van der Waals surface area (Å²) in [6.07, 6.45) is 7.24. The van der Waals surface area contributed by atoms with Gasteiger partial charge in [-0.15, -0.1) is 0 Å². The fraction of sp³-hybridized carbons (Fsp3) is 0.379. The van der Waals surface area contributed by atoms with Gasteiger partial charge in [-0.25, -0.2) is 4.68 Å². The van der Waals surface area contributed by atoms with Crippen LogP contribution in [0.3, 0.4) is 0 Å². The number of amides is 1. The van der Waals surface area contributed by atoms with E-state index in [0.29, 0.717) is 6.54 Å². The van der Waals surface area contributed by atoms with Crippen LogP contribution in [-0.4, -0.2) is 78.4 Å². The normalized spacial score (nSPS) is 16.7. The van der Waals surface area contributed by atoms with Gasteiger partial charge in [-0.2, -0.15) is 5.10 Å². The summed E-state index contributed by atoms with van der Waals surface area (Å²) in [7, 11) is 1.68. The molecule has 7 nitrogen and oxygen atoms in total. The highest BCUT2D eigenvalue weighted by Gasteiger charge is 2.24. The molecule has 5 rings (SSSR count). The van der Waals surface area contributed by atoms with Crippen LogP contribution >= 0.6 is 0 Å². The first-order chi connectivity index (χ1) is 17.5. The van der Waals surface area contributed by atoms with Crippen LogP contribution in [0, 0.1) is 13.8 Å². The first-order valence-corrected chi connectivity index (χ1v) is 12.7. The summed E-state index contributed by atoms with van der Waals surface area (Å²) < 4.78 is 7.20. The molecule has 1 saturated heterocycles. The van der Waals surface area contributed by atoms with Crippen molar-refractivity contribution in [1.82, 2.24) is 19.6 Å². The summed E-state index contributed by atoms with van der Waals surface area (Å²) in [5.41, 5.74) is 7.28. The second kappa shape index (κ2) is 10.6. The van der Waals surface area contributed by atoms with Gasteiger partial charge in [0.15, 0.2) is 0 Å². The number of methoxy groups -OCH3 is 1. The van der Waals surface area contributed by atoms with Gasteiger partial charge in [0.1, 0.15) is 5.75 Å². The maximum absolute atomic E-state index is 13.0. The van der Waals surface area contributed by atoms with Crippen LogP contribution in [0.4, 0.5) is 5.69 Å². The molecule has 2 aliphatic heterocycles. The standard InChI is InChI=1S/C29H35N5O2/c1-22-4-5-27(18-23(22)2)34-20-25(19-30-34)24-10-12-31(13-11-24)21-29(35)33-16-14-32(15-17-33)26-6-8-28(36-3)9-7-26/h4-10,18-20H,11-17,21H2,1-3H3. The fourth-order valence-electron chi connectivity index (χ4n) is 4.91. The highest BCUT2D eigenvalue weighted by atomic mass is 16.5. The Labute approximate surface area is 213 Å². The summed E-state index contributed by atoms with van der Waals surface area (Å²) in [5.74, 6) is 1.09. The highest BCUT2D eigenvalue weighted by molar-refractivity contribution is 5.79. The lowest BCUT2D eigenvalue weighted by molar-refractivity contribution is -0.132. The SMILES string of the molecule is COc1ccc(N2CCN(C(=O)CN3CC=C(c4cnn(-c5ccc(C)c(C)c5)c4)CC3)CC2)cc1. The number of rotatable bonds is 6. The van der Waals surface area contributed by atoms with Crippen molar-refractivity contribution in [3.8, 4) is 11.4 Å². The molecule has 3 aromatic rings. The van der Waals surface area contributed by atoms with Crippen LogP contribution in [0.15, 0.2) is 60.9 Å². The van der Waals surface area contributed by atoms with Crippen molar-refractivity contribution in [1.29, 1.82) is 0 Å². The van der Waals surface area contributed by atoms with Crippen LogP contribution in [0.5, 0.6) is 5.75 Å². The molecule has 0 radical (unpaired) electrons. The van der Waals surface area contributed by atoms with Gasteiger partial charge in [0, 0.05) is 56.7 Å². The third kappa shape index (κ3) is 5.31. The van der Waals surface area contributed by atoms with Gasteiger partial charge >= 0.3 is 0 Å². The predicted molar refractivity (Wildman–Crippen MR) is 144 cm³/mol. The minimum Gasteiger partial charge on any atom is -0.497 e. The molecule has 36 heavy (non-hydrogen) atoms. The van der Waals surface area contributed by atoms with E-state index >= 15 is 0 Å². The van der Waals surface area contributed by atoms with Crippen LogP contribution in [0.1, 0.15) is 23.1 Å². The van der Waals surface area contributed by atoms with Gasteiger partial charge < -0.3 is 14.5 Å². The Hall–Kier alpha value is -3.58. The van der Waals surface area contributed by atoms with Crippen molar-refractivity contribution in [2.75, 3.05) is 57.8 Å². The molecule has 2 aliphatic rings. The number of hydrogen-bond donors (Lipinski definition) is 0. The van der Waals surface area contributed by atoms with E-state index < -0.39 is 0 Å². The molecule has 0 atom stereocenters. The van der Waals surface area contributed by atoms with Crippen LogP contribution in [0.2, 0.25) is 0 Å². The number of piperazine rings is 1. The number of anilines is 1. The van der Waals surface area contributed by atoms with E-state index in [-0.39, 0.29) is 5.91 Å². The quantitative estimate of drug-likeness (QED) is 0.530. The molecule has 0 unspecified atom stereocenters. The minimum absolute atomic E-state index is 0.226. The second-order valence-electron chi connectivity index (χ2n) is 9.72. The Kier molecular flexibility index (Phi) is 7.09. The number of ether oxygens (including phenoxy) is 1. The zero-order chi connectivity index (χ0) is 25.1. The maximum atomic E-state index is 13.0. The number of nitrogens with zero attached hydrogens (tertiary/aromatic N) is 5. The number of hydrogen-bond acceptors (Lipinski definition) is 5. The summed E-state index contributed by atoms with van der Waals surface area (Å²) in [6.45, 7) is 9.64. The largest absolute Gasteiger partial charge is 0.497 e. The molecule has 7 heteroatoms. The van der Waals surface area contributed by atoms with E-state index in [4.69, 9.17) is 4.74 Å². The van der Waals surface area contributed by atoms with Crippen molar-refractivity contribution in [3.05, 3.63) is 77.6 Å². The van der Waals surface area contributed by atoms with Gasteiger partial charge in [0.2, 0.25) is 5.91 Å². The third-order valence-corrected chi connectivity index (χ3v) is 7.43. The minimum atomic E-state index is 0.226. The number of benzene rings is 2. The Morgan fingerprint density at radius 3 is 2.36 bits per heavy atom. The molecule has 0 N–H and O–H groups in total. The Morgan fingerprint density at radius 1 is 0.944 bits per heavy atom. The van der Waals surface area contributed by atoms with E-state index in [1.54, 1.807) is 7.11 Å². The van der Waals surface area contributed by atoms with Crippen LogP contribution < -0.4 is 9.64 Å². The lowest BCUT2D eigenvalue weighted by Crippen LogP contribution is -2.51. The van der Waals surface area contributed by atoms with Crippen molar-refractivity contribution < 1.29 is 9.53 Å². The Morgan fingerprint density at radius 2 is 1.69 bits per heavy atom. The van der Waals surface area contributed by atoms with Crippen molar-refractivity contribution in [3.63, 3.8) is 0 Å². The molecule has 0 saturated carbocycles. The summed E-state index contributed by atoms with van der Waals surface area (Å²) in [5, 5.41) is 4.59. The van der Waals surface area contributed by atoms with E-state index in [1.807, 2.05) is 27.9 Å². The maximum Gasteiger partial charge on any atom is 0.236 e. The molecular weight excluding hydrogens is 450 g/mol. The lowest BCUT2D eigenvalue weighted by atomic mass is 10.0. The van der Waals surface area contributed by atoms with Gasteiger partial charge in [0.05, 0.1) is 25.5 Å². The molecule has 1 fully saturated rings. The molecule has 188 valence electrons. The molecule has 1 aromatic heterocycles. The smallest absolute Gasteiger partial charge is 0.236 e. The Balaban J connectivity index is 1.12. The molecule has 0 spiro atoms. The lowest BCUT2D eigenvalue weighted by Gasteiger charge is -2.37. The molecule has 1 amide bonds. The topological polar surface area (TPSA) is 53.8 Å². The first-order valence-electron chi connectivity index (χ1n) is 12.7. The molecular formula is C29H35N5O2. The molecule has 0 bridgehead atoms.